The number of rotatable bonds is 15. The van der Waals surface area contributed by atoms with Crippen molar-refractivity contribution in [3.63, 3.8) is 0 Å². The van der Waals surface area contributed by atoms with Crippen LogP contribution in [0.4, 0.5) is 5.69 Å². The molecule has 1 aromatic carbocycles. The van der Waals surface area contributed by atoms with Crippen LogP contribution in [0.1, 0.15) is 109 Å². The number of benzene rings is 1. The molecule has 6 heteroatoms. The van der Waals surface area contributed by atoms with E-state index in [9.17, 15) is 9.59 Å². The van der Waals surface area contributed by atoms with Crippen LogP contribution < -0.4 is 10.1 Å². The topological polar surface area (TPSA) is 64.6 Å². The van der Waals surface area contributed by atoms with Crippen LogP contribution in [0.15, 0.2) is 18.2 Å². The summed E-state index contributed by atoms with van der Waals surface area (Å²) in [6.45, 7) is 8.71. The van der Waals surface area contributed by atoms with E-state index < -0.39 is 6.10 Å². The molecule has 0 saturated heterocycles. The predicted molar refractivity (Wildman–Crippen MR) is 138 cm³/mol. The van der Waals surface area contributed by atoms with Crippen LogP contribution in [0.25, 0.3) is 0 Å². The lowest BCUT2D eigenvalue weighted by molar-refractivity contribution is -0.121. The van der Waals surface area contributed by atoms with Gasteiger partial charge in [-0.15, -0.1) is 0 Å². The van der Waals surface area contributed by atoms with Crippen LogP contribution in [0.2, 0.25) is 0 Å². The van der Waals surface area contributed by atoms with Gasteiger partial charge < -0.3 is 14.8 Å². The van der Waals surface area contributed by atoms with Crippen molar-refractivity contribution in [2.75, 3.05) is 11.9 Å². The fourth-order valence-electron chi connectivity index (χ4n) is 3.78. The Morgan fingerprint density at radius 3 is 2.24 bits per heavy atom. The average Bonchev–Trinajstić information content (AvgIpc) is 2.81. The molecular weight excluding hydrogens is 434 g/mol. The second kappa shape index (κ2) is 13.7. The van der Waals surface area contributed by atoms with Crippen molar-refractivity contribution in [1.82, 2.24) is 0 Å². The summed E-state index contributed by atoms with van der Waals surface area (Å²) in [5, 5.41) is 2.83. The quantitative estimate of drug-likeness (QED) is 0.164. The molecule has 2 rings (SSSR count). The molecule has 0 aromatic heterocycles. The van der Waals surface area contributed by atoms with Gasteiger partial charge in [-0.25, -0.2) is 4.79 Å². The van der Waals surface area contributed by atoms with E-state index in [1.807, 2.05) is 20.8 Å². The van der Waals surface area contributed by atoms with Crippen molar-refractivity contribution in [2.24, 2.45) is 5.41 Å². The average molecular weight is 476 g/mol. The van der Waals surface area contributed by atoms with Gasteiger partial charge in [0.05, 0.1) is 17.9 Å². The van der Waals surface area contributed by atoms with Gasteiger partial charge in [-0.2, -0.15) is 0 Å². The molecule has 1 N–H and O–H groups in total. The Morgan fingerprint density at radius 2 is 1.64 bits per heavy atom. The van der Waals surface area contributed by atoms with Crippen molar-refractivity contribution in [3.8, 4) is 5.75 Å². The highest BCUT2D eigenvalue weighted by Gasteiger charge is 2.37. The molecule has 5 nitrogen and oxygen atoms in total. The van der Waals surface area contributed by atoms with Gasteiger partial charge in [0.15, 0.2) is 0 Å². The van der Waals surface area contributed by atoms with E-state index in [4.69, 9.17) is 21.7 Å². The molecule has 0 bridgehead atoms. The lowest BCUT2D eigenvalue weighted by atomic mass is 9.83. The van der Waals surface area contributed by atoms with Crippen molar-refractivity contribution in [2.45, 2.75) is 104 Å². The normalized spacial score (nSPS) is 15.4. The maximum atomic E-state index is 12.6. The molecule has 33 heavy (non-hydrogen) atoms. The van der Waals surface area contributed by atoms with Gasteiger partial charge in [-0.1, -0.05) is 97.7 Å². The lowest BCUT2D eigenvalue weighted by Gasteiger charge is -2.33. The number of nitrogens with one attached hydrogen (secondary N) is 1. The molecule has 1 atom stereocenters. The molecule has 1 aliphatic heterocycles. The van der Waals surface area contributed by atoms with Crippen molar-refractivity contribution < 1.29 is 19.1 Å². The number of carbonyl (C=O) groups is 2. The first-order valence-electron chi connectivity index (χ1n) is 12.6. The summed E-state index contributed by atoms with van der Waals surface area (Å²) in [7, 11) is 0. The zero-order chi connectivity index (χ0) is 24.3. The monoisotopic (exact) mass is 475 g/mol. The maximum Gasteiger partial charge on any atom is 0.338 e. The first-order valence-corrected chi connectivity index (χ1v) is 13.0. The standard InChI is InChI=1S/C27H41NO4S/c1-5-7-8-9-10-11-12-13-14-15-18-31-26(30)20-16-17-22-21(19-20)28-25(29)23(32-22)24(33)27(3,4)6-2/h16-17,19,23H,5-15,18H2,1-4H3,(H,28,29). The minimum atomic E-state index is -0.809. The zero-order valence-corrected chi connectivity index (χ0v) is 21.7. The highest BCUT2D eigenvalue weighted by atomic mass is 32.1. The van der Waals surface area contributed by atoms with Gasteiger partial charge >= 0.3 is 5.97 Å². The molecule has 1 aromatic rings. The van der Waals surface area contributed by atoms with Gasteiger partial charge in [0.2, 0.25) is 6.10 Å². The summed E-state index contributed by atoms with van der Waals surface area (Å²) in [5.41, 5.74) is 0.592. The maximum absolute atomic E-state index is 12.6. The van der Waals surface area contributed by atoms with Crippen LogP contribution in [-0.4, -0.2) is 29.5 Å². The highest BCUT2D eigenvalue weighted by molar-refractivity contribution is 7.80. The number of amides is 1. The number of hydrogen-bond acceptors (Lipinski definition) is 5. The van der Waals surface area contributed by atoms with Crippen LogP contribution >= 0.6 is 12.2 Å². The van der Waals surface area contributed by atoms with Crippen LogP contribution in [0, 0.1) is 5.41 Å². The molecule has 1 unspecified atom stereocenters. The van der Waals surface area contributed by atoms with E-state index in [2.05, 4.69) is 12.2 Å². The SMILES string of the molecule is CCCCCCCCCCCCOC(=O)c1ccc2c(c1)NC(=O)C(C(=S)C(C)(C)CC)O2. The minimum absolute atomic E-state index is 0.285. The first-order chi connectivity index (χ1) is 15.8. The second-order valence-corrected chi connectivity index (χ2v) is 10.1. The molecule has 0 fully saturated rings. The Bertz CT molecular complexity index is 805. The van der Waals surface area contributed by atoms with Crippen molar-refractivity contribution >= 4 is 34.6 Å². The predicted octanol–water partition coefficient (Wildman–Crippen LogP) is 7.27. The van der Waals surface area contributed by atoms with Gasteiger partial charge in [0.25, 0.3) is 5.91 Å². The number of esters is 1. The van der Waals surface area contributed by atoms with E-state index in [-0.39, 0.29) is 17.3 Å². The molecule has 1 heterocycles. The third-order valence-electron chi connectivity index (χ3n) is 6.48. The number of hydrogen-bond donors (Lipinski definition) is 1. The summed E-state index contributed by atoms with van der Waals surface area (Å²) in [6, 6.07) is 4.97. The molecule has 1 amide bonds. The van der Waals surface area contributed by atoms with E-state index in [1.54, 1.807) is 18.2 Å². The molecular formula is C27H41NO4S. The lowest BCUT2D eigenvalue weighted by Crippen LogP contribution is -2.47. The van der Waals surface area contributed by atoms with Crippen LogP contribution in [0.3, 0.4) is 0 Å². The summed E-state index contributed by atoms with van der Waals surface area (Å²) < 4.78 is 11.3. The second-order valence-electron chi connectivity index (χ2n) is 9.62. The third kappa shape index (κ3) is 8.40. The minimum Gasteiger partial charge on any atom is -0.473 e. The van der Waals surface area contributed by atoms with Gasteiger partial charge in [0.1, 0.15) is 5.75 Å². The fourth-order valence-corrected chi connectivity index (χ4v) is 4.08. The number of unbranched alkanes of at least 4 members (excludes halogenated alkanes) is 9. The number of carbonyl (C=O) groups excluding carboxylic acids is 2. The van der Waals surface area contributed by atoms with Gasteiger partial charge in [-0.05, 0) is 31.0 Å². The first kappa shape index (κ1) is 27.3. The van der Waals surface area contributed by atoms with Gasteiger partial charge in [-0.3, -0.25) is 4.79 Å². The molecule has 1 aliphatic rings. The Hall–Kier alpha value is -1.95. The largest absolute Gasteiger partial charge is 0.473 e. The molecule has 0 aliphatic carbocycles. The molecule has 0 spiro atoms. The smallest absolute Gasteiger partial charge is 0.338 e. The summed E-state index contributed by atoms with van der Waals surface area (Å²) >= 11 is 5.54. The fraction of sp³-hybridized carbons (Fsp3) is 0.667. The van der Waals surface area contributed by atoms with E-state index in [1.165, 1.54) is 51.4 Å². The Kier molecular flexibility index (Phi) is 11.3. The number of ether oxygens (including phenoxy) is 2. The third-order valence-corrected chi connectivity index (χ3v) is 7.24. The Balaban J connectivity index is 1.74. The van der Waals surface area contributed by atoms with Crippen molar-refractivity contribution in [1.29, 1.82) is 0 Å². The number of thiocarbonyl (C=S) groups is 1. The molecule has 184 valence electrons. The molecule has 0 saturated carbocycles. The Morgan fingerprint density at radius 1 is 1.03 bits per heavy atom. The van der Waals surface area contributed by atoms with Crippen LogP contribution in [0.5, 0.6) is 5.75 Å². The number of anilines is 1. The van der Waals surface area contributed by atoms with E-state index >= 15 is 0 Å². The van der Waals surface area contributed by atoms with Crippen LogP contribution in [-0.2, 0) is 9.53 Å². The zero-order valence-electron chi connectivity index (χ0n) is 20.8. The van der Waals surface area contributed by atoms with Gasteiger partial charge in [0, 0.05) is 10.3 Å². The van der Waals surface area contributed by atoms with E-state index in [0.29, 0.717) is 28.5 Å². The Labute approximate surface area is 205 Å². The van der Waals surface area contributed by atoms with E-state index in [0.717, 1.165) is 19.3 Å². The molecule has 0 radical (unpaired) electrons. The number of fused-ring (bicyclic) bond motifs is 1. The van der Waals surface area contributed by atoms with Crippen molar-refractivity contribution in [3.05, 3.63) is 23.8 Å². The summed E-state index contributed by atoms with van der Waals surface area (Å²) in [5.74, 6) is -0.169. The highest BCUT2D eigenvalue weighted by Crippen LogP contribution is 2.34. The summed E-state index contributed by atoms with van der Waals surface area (Å²) in [6.07, 6.45) is 12.4. The summed E-state index contributed by atoms with van der Waals surface area (Å²) in [4.78, 5) is 25.6.